The maximum Gasteiger partial charge on any atom is 0.330 e. The zero-order valence-electron chi connectivity index (χ0n) is 21.2. The molecule has 2 N–H and O–H groups in total. The van der Waals surface area contributed by atoms with Crippen molar-refractivity contribution in [2.24, 2.45) is 5.92 Å². The molecule has 36 heavy (non-hydrogen) atoms. The van der Waals surface area contributed by atoms with E-state index >= 15 is 0 Å². The summed E-state index contributed by atoms with van der Waals surface area (Å²) in [5.74, 6) is 2.04. The molecule has 188 valence electrons. The molecule has 0 aromatic heterocycles. The summed E-state index contributed by atoms with van der Waals surface area (Å²) in [6.07, 6.45) is 9.84. The molecule has 0 heterocycles. The predicted molar refractivity (Wildman–Crippen MR) is 145 cm³/mol. The van der Waals surface area contributed by atoms with Gasteiger partial charge < -0.3 is 19.9 Å². The standard InChI is InChI=1S/C31H35NO4/c1-34-29-14-11-25(12-15-29)27-10-9-26(30(21-27)35-2)13-16-31(33)36-17-3-4-23-18-24(20-28(32)19-23)8-7-22-5-6-22/h9-16,18-22H,3-8,17,32H2,1-2H3/b16-13+. The number of carbonyl (C=O) groups excluding carboxylic acids is 1. The van der Waals surface area contributed by atoms with E-state index in [0.29, 0.717) is 12.4 Å². The van der Waals surface area contributed by atoms with Crippen molar-refractivity contribution < 1.29 is 19.0 Å². The van der Waals surface area contributed by atoms with Crippen molar-refractivity contribution in [3.05, 3.63) is 83.4 Å². The fourth-order valence-electron chi connectivity index (χ4n) is 4.32. The topological polar surface area (TPSA) is 70.8 Å². The largest absolute Gasteiger partial charge is 0.497 e. The lowest BCUT2D eigenvalue weighted by molar-refractivity contribution is -0.137. The van der Waals surface area contributed by atoms with Crippen LogP contribution in [0.2, 0.25) is 0 Å². The fraction of sp³-hybridized carbons (Fsp3) is 0.323. The average molecular weight is 486 g/mol. The number of hydrogen-bond donors (Lipinski definition) is 1. The number of nitrogens with two attached hydrogens (primary N) is 1. The second-order valence-corrected chi connectivity index (χ2v) is 9.35. The first-order chi connectivity index (χ1) is 17.5. The van der Waals surface area contributed by atoms with Crippen LogP contribution in [-0.4, -0.2) is 26.8 Å². The first-order valence-electron chi connectivity index (χ1n) is 12.6. The van der Waals surface area contributed by atoms with Crippen LogP contribution in [0, 0.1) is 5.92 Å². The van der Waals surface area contributed by atoms with Crippen molar-refractivity contribution in [1.82, 2.24) is 0 Å². The third-order valence-corrected chi connectivity index (χ3v) is 6.52. The molecule has 0 amide bonds. The minimum absolute atomic E-state index is 0.364. The lowest BCUT2D eigenvalue weighted by atomic mass is 10.0. The number of aryl methyl sites for hydroxylation is 2. The van der Waals surface area contributed by atoms with Gasteiger partial charge in [0.05, 0.1) is 20.8 Å². The normalized spacial score (nSPS) is 13.1. The summed E-state index contributed by atoms with van der Waals surface area (Å²) in [4.78, 5) is 12.3. The van der Waals surface area contributed by atoms with Gasteiger partial charge in [-0.1, -0.05) is 43.2 Å². The quantitative estimate of drug-likeness (QED) is 0.137. The van der Waals surface area contributed by atoms with E-state index in [9.17, 15) is 4.79 Å². The van der Waals surface area contributed by atoms with Crippen molar-refractivity contribution in [3.8, 4) is 22.6 Å². The predicted octanol–water partition coefficient (Wildman–Crippen LogP) is 6.48. The maximum absolute atomic E-state index is 12.3. The van der Waals surface area contributed by atoms with Crippen LogP contribution in [0.15, 0.2) is 66.7 Å². The summed E-state index contributed by atoms with van der Waals surface area (Å²) in [6.45, 7) is 0.364. The van der Waals surface area contributed by atoms with E-state index in [2.05, 4.69) is 12.1 Å². The zero-order valence-corrected chi connectivity index (χ0v) is 21.2. The van der Waals surface area contributed by atoms with Gasteiger partial charge in [0.1, 0.15) is 11.5 Å². The molecule has 5 nitrogen and oxygen atoms in total. The van der Waals surface area contributed by atoms with Crippen LogP contribution < -0.4 is 15.2 Å². The Bertz CT molecular complexity index is 1200. The Kier molecular flexibility index (Phi) is 8.66. The van der Waals surface area contributed by atoms with Gasteiger partial charge in [0.2, 0.25) is 0 Å². The zero-order chi connectivity index (χ0) is 25.3. The lowest BCUT2D eigenvalue weighted by Crippen LogP contribution is -2.04. The molecule has 0 unspecified atom stereocenters. The van der Waals surface area contributed by atoms with Crippen LogP contribution in [0.3, 0.4) is 0 Å². The first kappa shape index (κ1) is 25.4. The van der Waals surface area contributed by atoms with E-state index < -0.39 is 0 Å². The highest BCUT2D eigenvalue weighted by atomic mass is 16.5. The van der Waals surface area contributed by atoms with Crippen LogP contribution in [0.25, 0.3) is 17.2 Å². The molecular weight excluding hydrogens is 450 g/mol. The van der Waals surface area contributed by atoms with Crippen LogP contribution in [0.4, 0.5) is 5.69 Å². The van der Waals surface area contributed by atoms with Gasteiger partial charge in [0.15, 0.2) is 0 Å². The molecule has 0 aliphatic heterocycles. The Labute approximate surface area is 213 Å². The monoisotopic (exact) mass is 485 g/mol. The van der Waals surface area contributed by atoms with Crippen LogP contribution in [-0.2, 0) is 22.4 Å². The number of ether oxygens (including phenoxy) is 3. The van der Waals surface area contributed by atoms with Gasteiger partial charge in [-0.3, -0.25) is 0 Å². The van der Waals surface area contributed by atoms with E-state index in [-0.39, 0.29) is 5.97 Å². The number of anilines is 1. The van der Waals surface area contributed by atoms with Crippen molar-refractivity contribution in [1.29, 1.82) is 0 Å². The highest BCUT2D eigenvalue weighted by Crippen LogP contribution is 2.34. The van der Waals surface area contributed by atoms with E-state index in [4.69, 9.17) is 19.9 Å². The summed E-state index contributed by atoms with van der Waals surface area (Å²) in [5.41, 5.74) is 12.3. The minimum Gasteiger partial charge on any atom is -0.497 e. The van der Waals surface area contributed by atoms with Crippen molar-refractivity contribution in [2.45, 2.75) is 38.5 Å². The number of rotatable bonds is 12. The van der Waals surface area contributed by atoms with E-state index in [0.717, 1.165) is 53.3 Å². The van der Waals surface area contributed by atoms with Gasteiger partial charge in [-0.2, -0.15) is 0 Å². The highest BCUT2D eigenvalue weighted by Gasteiger charge is 2.20. The smallest absolute Gasteiger partial charge is 0.330 e. The molecule has 4 rings (SSSR count). The molecule has 5 heteroatoms. The SMILES string of the molecule is COc1ccc(-c2ccc(/C=C/C(=O)OCCCc3cc(N)cc(CCC4CC4)c3)c(OC)c2)cc1. The molecule has 0 atom stereocenters. The van der Waals surface area contributed by atoms with E-state index in [1.807, 2.05) is 48.5 Å². The third kappa shape index (κ3) is 7.38. The number of carbonyl (C=O) groups is 1. The van der Waals surface area contributed by atoms with Crippen molar-refractivity contribution >= 4 is 17.7 Å². The van der Waals surface area contributed by atoms with Gasteiger partial charge >= 0.3 is 5.97 Å². The van der Waals surface area contributed by atoms with Gasteiger partial charge in [-0.05, 0) is 90.3 Å². The summed E-state index contributed by atoms with van der Waals surface area (Å²) < 4.78 is 16.2. The Morgan fingerprint density at radius 2 is 1.64 bits per heavy atom. The molecular formula is C31H35NO4. The molecule has 3 aromatic rings. The van der Waals surface area contributed by atoms with Gasteiger partial charge in [-0.25, -0.2) is 4.79 Å². The number of benzene rings is 3. The average Bonchev–Trinajstić information content (AvgIpc) is 3.73. The molecule has 1 aliphatic rings. The molecule has 0 spiro atoms. The third-order valence-electron chi connectivity index (χ3n) is 6.52. The minimum atomic E-state index is -0.367. The number of nitrogen functional groups attached to an aromatic ring is 1. The number of methoxy groups -OCH3 is 2. The molecule has 3 aromatic carbocycles. The van der Waals surface area contributed by atoms with Crippen molar-refractivity contribution in [3.63, 3.8) is 0 Å². The number of hydrogen-bond acceptors (Lipinski definition) is 5. The molecule has 1 aliphatic carbocycles. The first-order valence-corrected chi connectivity index (χ1v) is 12.6. The van der Waals surface area contributed by atoms with Gasteiger partial charge in [0.25, 0.3) is 0 Å². The summed E-state index contributed by atoms with van der Waals surface area (Å²) in [7, 11) is 3.27. The van der Waals surface area contributed by atoms with E-state index in [1.54, 1.807) is 20.3 Å². The molecule has 1 saturated carbocycles. The summed E-state index contributed by atoms with van der Waals surface area (Å²) >= 11 is 0. The summed E-state index contributed by atoms with van der Waals surface area (Å²) in [5, 5.41) is 0. The van der Waals surface area contributed by atoms with Crippen LogP contribution in [0.1, 0.15) is 42.4 Å². The highest BCUT2D eigenvalue weighted by molar-refractivity contribution is 5.88. The Morgan fingerprint density at radius 1 is 0.917 bits per heavy atom. The Hall–Kier alpha value is -3.73. The summed E-state index contributed by atoms with van der Waals surface area (Å²) in [6, 6.07) is 20.1. The fourth-order valence-corrected chi connectivity index (χ4v) is 4.32. The van der Waals surface area contributed by atoms with Gasteiger partial charge in [-0.15, -0.1) is 0 Å². The lowest BCUT2D eigenvalue weighted by Gasteiger charge is -2.09. The van der Waals surface area contributed by atoms with Crippen LogP contribution in [0.5, 0.6) is 11.5 Å². The molecule has 0 saturated heterocycles. The van der Waals surface area contributed by atoms with Gasteiger partial charge in [0, 0.05) is 17.3 Å². The Morgan fingerprint density at radius 3 is 2.33 bits per heavy atom. The molecule has 0 radical (unpaired) electrons. The van der Waals surface area contributed by atoms with Crippen LogP contribution >= 0.6 is 0 Å². The molecule has 1 fully saturated rings. The number of esters is 1. The second-order valence-electron chi connectivity index (χ2n) is 9.35. The maximum atomic E-state index is 12.3. The van der Waals surface area contributed by atoms with E-state index in [1.165, 1.54) is 36.5 Å². The second kappa shape index (κ2) is 12.3. The van der Waals surface area contributed by atoms with Crippen molar-refractivity contribution in [2.75, 3.05) is 26.6 Å². The Balaban J connectivity index is 1.27. The molecule has 0 bridgehead atoms.